The number of benzene rings is 3. The van der Waals surface area contributed by atoms with E-state index in [4.69, 9.17) is 4.74 Å². The molecule has 2 aliphatic heterocycles. The van der Waals surface area contributed by atoms with Crippen LogP contribution in [0.4, 0.5) is 15.8 Å². The van der Waals surface area contributed by atoms with Crippen molar-refractivity contribution < 1.29 is 23.5 Å². The molecule has 3 aromatic carbocycles. The molecule has 2 aromatic heterocycles. The Labute approximate surface area is 347 Å². The molecule has 0 aliphatic carbocycles. The maximum absolute atomic E-state index is 13.8. The number of hydrogen-bond donors (Lipinski definition) is 1. The van der Waals surface area contributed by atoms with E-state index in [0.29, 0.717) is 40.9 Å². The van der Waals surface area contributed by atoms with Crippen LogP contribution in [-0.2, 0) is 4.74 Å². The van der Waals surface area contributed by atoms with Gasteiger partial charge in [-0.05, 0) is 149 Å². The number of halogens is 1. The summed E-state index contributed by atoms with van der Waals surface area (Å²) in [6, 6.07) is 25.7. The lowest BCUT2D eigenvalue weighted by Gasteiger charge is -2.35. The van der Waals surface area contributed by atoms with Gasteiger partial charge in [0, 0.05) is 53.3 Å². The van der Waals surface area contributed by atoms with Gasteiger partial charge in [-0.25, -0.2) is 4.39 Å². The van der Waals surface area contributed by atoms with Crippen molar-refractivity contribution in [2.24, 2.45) is 5.41 Å². The van der Waals surface area contributed by atoms with Gasteiger partial charge in [-0.2, -0.15) is 0 Å². The molecule has 304 valence electrons. The fourth-order valence-electron chi connectivity index (χ4n) is 7.32. The predicted molar refractivity (Wildman–Crippen MR) is 237 cm³/mol. The summed E-state index contributed by atoms with van der Waals surface area (Å²) >= 11 is 1.50. The molecule has 0 bridgehead atoms. The van der Waals surface area contributed by atoms with Crippen LogP contribution in [0.3, 0.4) is 0 Å². The third kappa shape index (κ3) is 10.6. The lowest BCUT2D eigenvalue weighted by molar-refractivity contribution is 0.0105. The van der Waals surface area contributed by atoms with Crippen LogP contribution in [0, 0.1) is 38.9 Å². The van der Waals surface area contributed by atoms with Crippen LogP contribution in [0.5, 0.6) is 0 Å². The second kappa shape index (κ2) is 19.9. The molecule has 1 N–H and O–H groups in total. The molecule has 5 aromatic rings. The zero-order valence-electron chi connectivity index (χ0n) is 35.1. The molecular formula is C49H56FN3O4S. The van der Waals surface area contributed by atoms with Crippen molar-refractivity contribution in [2.45, 2.75) is 87.5 Å². The van der Waals surface area contributed by atoms with Crippen LogP contribution in [0.15, 0.2) is 91.1 Å². The van der Waals surface area contributed by atoms with Crippen molar-refractivity contribution in [1.82, 2.24) is 4.98 Å². The molecule has 58 heavy (non-hydrogen) atoms. The van der Waals surface area contributed by atoms with Crippen LogP contribution in [-0.4, -0.2) is 42.3 Å². The number of carbonyl (C=O) groups excluding carboxylic acids is 3. The summed E-state index contributed by atoms with van der Waals surface area (Å²) in [4.78, 5) is 46.3. The molecule has 7 nitrogen and oxygen atoms in total. The summed E-state index contributed by atoms with van der Waals surface area (Å²) in [6.45, 7) is 18.1. The number of thiophene rings is 1. The quantitative estimate of drug-likeness (QED) is 0.166. The number of ether oxygens (including phenoxy) is 1. The molecule has 7 rings (SSSR count). The molecular weight excluding hydrogens is 746 g/mol. The Balaban J connectivity index is 0.000000274. The van der Waals surface area contributed by atoms with Crippen molar-refractivity contribution in [1.29, 1.82) is 0 Å². The third-order valence-corrected chi connectivity index (χ3v) is 12.8. The van der Waals surface area contributed by atoms with Crippen LogP contribution in [0.1, 0.15) is 123 Å². The predicted octanol–water partition coefficient (Wildman–Crippen LogP) is 12.2. The summed E-state index contributed by atoms with van der Waals surface area (Å²) in [5.74, 6) is -0.404. The Morgan fingerprint density at radius 2 is 1.57 bits per heavy atom. The molecule has 1 fully saturated rings. The second-order valence-electron chi connectivity index (χ2n) is 15.2. The van der Waals surface area contributed by atoms with E-state index in [9.17, 15) is 18.8 Å². The molecule has 9 heteroatoms. The van der Waals surface area contributed by atoms with E-state index in [0.717, 1.165) is 62.1 Å². The van der Waals surface area contributed by atoms with Gasteiger partial charge in [-0.1, -0.05) is 57.0 Å². The number of aromatic nitrogens is 1. The number of fused-ring (bicyclic) bond motifs is 1. The average Bonchev–Trinajstić information content (AvgIpc) is 3.68. The Bertz CT molecular complexity index is 2240. The molecule has 2 amide bonds. The first-order valence-electron chi connectivity index (χ1n) is 20.1. The minimum absolute atomic E-state index is 0.0562. The van der Waals surface area contributed by atoms with Gasteiger partial charge in [0.2, 0.25) is 0 Å². The van der Waals surface area contributed by atoms with E-state index in [1.165, 1.54) is 43.1 Å². The van der Waals surface area contributed by atoms with E-state index in [1.807, 2.05) is 67.3 Å². The smallest absolute Gasteiger partial charge is 0.258 e. The standard InChI is InChI=1S/C32H29N3O3S.C9H18O.C8H9F/c1-19-17-27(21(3)33-18-19)31(37)34-24-11-9-23(10-12-24)32(38)35-16-15-26(30-14-13-29(39-30)22(4)36)20(2)25-7-5-6-8-28(25)35;1-3-9(4-2)5-7-10-8-6-9;1-6-4-3-5-8(9)7(6)2/h5-14,17-18H,15-16H2,1-4H3,(H,34,37);3-8H2,1-2H3;3-5H,1-2H3. The lowest BCUT2D eigenvalue weighted by atomic mass is 9.76. The van der Waals surface area contributed by atoms with Gasteiger partial charge >= 0.3 is 0 Å². The SMILES string of the molecule is CC(=O)c1ccc(C2=C(C)c3ccccc3N(C(=O)c3ccc(NC(=O)c4cc(C)cnc4C)cc3)CC2)s1.CCC1(CC)CCOCC1.Cc1cccc(F)c1C. The van der Waals surface area contributed by atoms with Gasteiger partial charge in [-0.15, -0.1) is 11.3 Å². The highest BCUT2D eigenvalue weighted by Gasteiger charge is 2.28. The fraction of sp³-hybridized carbons (Fsp3) is 0.347. The summed E-state index contributed by atoms with van der Waals surface area (Å²) < 4.78 is 17.9. The summed E-state index contributed by atoms with van der Waals surface area (Å²) in [5, 5.41) is 2.90. The number of Topliss-reactive ketones (excluding diaryl/α,β-unsaturated/α-hetero) is 1. The Morgan fingerprint density at radius 3 is 2.17 bits per heavy atom. The molecule has 2 aliphatic rings. The normalized spacial score (nSPS) is 14.5. The average molecular weight is 802 g/mol. The van der Waals surface area contributed by atoms with Crippen molar-refractivity contribution in [3.05, 3.63) is 146 Å². The van der Waals surface area contributed by atoms with Crippen molar-refractivity contribution in [3.63, 3.8) is 0 Å². The van der Waals surface area contributed by atoms with Gasteiger partial charge < -0.3 is 15.0 Å². The first kappa shape index (κ1) is 43.9. The Kier molecular flexibility index (Phi) is 15.1. The van der Waals surface area contributed by atoms with Gasteiger partial charge in [-0.3, -0.25) is 19.4 Å². The van der Waals surface area contributed by atoms with Gasteiger partial charge in [0.1, 0.15) is 5.82 Å². The van der Waals surface area contributed by atoms with Gasteiger partial charge in [0.15, 0.2) is 5.78 Å². The highest BCUT2D eigenvalue weighted by Crippen LogP contribution is 2.40. The van der Waals surface area contributed by atoms with Crippen molar-refractivity contribution in [2.75, 3.05) is 30.0 Å². The first-order valence-corrected chi connectivity index (χ1v) is 21.0. The van der Waals surface area contributed by atoms with Crippen molar-refractivity contribution >= 4 is 51.5 Å². The van der Waals surface area contributed by atoms with E-state index in [1.54, 1.807) is 57.3 Å². The number of para-hydroxylation sites is 1. The number of nitrogens with one attached hydrogen (secondary N) is 1. The van der Waals surface area contributed by atoms with E-state index >= 15 is 0 Å². The molecule has 4 heterocycles. The largest absolute Gasteiger partial charge is 0.381 e. The maximum Gasteiger partial charge on any atom is 0.258 e. The molecule has 0 atom stereocenters. The number of pyridine rings is 1. The zero-order valence-corrected chi connectivity index (χ0v) is 35.9. The van der Waals surface area contributed by atoms with Crippen LogP contribution >= 0.6 is 11.3 Å². The Morgan fingerprint density at radius 1 is 0.879 bits per heavy atom. The molecule has 0 unspecified atom stereocenters. The summed E-state index contributed by atoms with van der Waals surface area (Å²) in [7, 11) is 0. The van der Waals surface area contributed by atoms with Crippen LogP contribution in [0.25, 0.3) is 11.1 Å². The van der Waals surface area contributed by atoms with E-state index < -0.39 is 0 Å². The number of hydrogen-bond acceptors (Lipinski definition) is 6. The number of aryl methyl sites for hydroxylation is 3. The number of nitrogens with zero attached hydrogens (tertiary/aromatic N) is 2. The zero-order chi connectivity index (χ0) is 42.0. The highest BCUT2D eigenvalue weighted by molar-refractivity contribution is 7.15. The third-order valence-electron chi connectivity index (χ3n) is 11.6. The molecule has 0 saturated carbocycles. The number of allylic oxidation sites excluding steroid dienone is 1. The minimum atomic E-state index is -0.236. The fourth-order valence-corrected chi connectivity index (χ4v) is 8.35. The number of amides is 2. The van der Waals surface area contributed by atoms with Crippen molar-refractivity contribution in [3.8, 4) is 0 Å². The second-order valence-corrected chi connectivity index (χ2v) is 16.3. The number of anilines is 2. The molecule has 0 spiro atoms. The molecule has 1 saturated heterocycles. The number of ketones is 1. The summed E-state index contributed by atoms with van der Waals surface area (Å²) in [6.07, 6.45) is 7.61. The minimum Gasteiger partial charge on any atom is -0.381 e. The topological polar surface area (TPSA) is 88.6 Å². The van der Waals surface area contributed by atoms with Crippen LogP contribution in [0.2, 0.25) is 0 Å². The maximum atomic E-state index is 13.8. The highest BCUT2D eigenvalue weighted by atomic mass is 32.1. The number of rotatable bonds is 7. The monoisotopic (exact) mass is 801 g/mol. The van der Waals surface area contributed by atoms with E-state index in [-0.39, 0.29) is 23.4 Å². The Hall–Kier alpha value is -5.25. The molecule has 0 radical (unpaired) electrons. The number of carbonyl (C=O) groups is 3. The van der Waals surface area contributed by atoms with Crippen LogP contribution < -0.4 is 10.2 Å². The van der Waals surface area contributed by atoms with Gasteiger partial charge in [0.25, 0.3) is 11.8 Å². The lowest BCUT2D eigenvalue weighted by Crippen LogP contribution is -2.32. The summed E-state index contributed by atoms with van der Waals surface area (Å²) in [5.41, 5.74) is 9.75. The first-order chi connectivity index (χ1) is 27.8. The van der Waals surface area contributed by atoms with E-state index in [2.05, 4.69) is 31.1 Å². The van der Waals surface area contributed by atoms with Gasteiger partial charge in [0.05, 0.1) is 16.1 Å².